The van der Waals surface area contributed by atoms with Gasteiger partial charge < -0.3 is 4.74 Å². The first-order valence-corrected chi connectivity index (χ1v) is 7.26. The molecule has 0 N–H and O–H groups in total. The number of carbonyl (C=O) groups is 1. The summed E-state index contributed by atoms with van der Waals surface area (Å²) >= 11 is 6.28. The van der Waals surface area contributed by atoms with Crippen LogP contribution in [0.25, 0.3) is 0 Å². The molecule has 1 aliphatic carbocycles. The first-order chi connectivity index (χ1) is 8.91. The van der Waals surface area contributed by atoms with Crippen LogP contribution in [0.15, 0.2) is 6.07 Å². The second kappa shape index (κ2) is 5.54. The first kappa shape index (κ1) is 14.4. The predicted molar refractivity (Wildman–Crippen MR) is 78.3 cm³/mol. The van der Waals surface area contributed by atoms with E-state index < -0.39 is 0 Å². The number of aryl methyl sites for hydroxylation is 1. The van der Waals surface area contributed by atoms with Gasteiger partial charge in [-0.05, 0) is 49.8 Å². The van der Waals surface area contributed by atoms with Crippen molar-refractivity contribution in [2.75, 3.05) is 6.61 Å². The molecule has 1 aromatic carbocycles. The van der Waals surface area contributed by atoms with Crippen molar-refractivity contribution in [3.05, 3.63) is 27.8 Å². The normalized spacial score (nSPS) is 14.8. The quantitative estimate of drug-likeness (QED) is 0.738. The van der Waals surface area contributed by atoms with Gasteiger partial charge >= 0.3 is 0 Å². The summed E-state index contributed by atoms with van der Waals surface area (Å²) in [6.07, 6.45) is 1.99. The van der Waals surface area contributed by atoms with Crippen molar-refractivity contribution >= 4 is 17.4 Å². The van der Waals surface area contributed by atoms with E-state index in [1.807, 2.05) is 19.9 Å². The van der Waals surface area contributed by atoms with Gasteiger partial charge in [-0.1, -0.05) is 25.4 Å². The highest BCUT2D eigenvalue weighted by atomic mass is 35.5. The maximum absolute atomic E-state index is 12.4. The highest BCUT2D eigenvalue weighted by Crippen LogP contribution is 2.39. The Hall–Kier alpha value is -1.02. The van der Waals surface area contributed by atoms with Crippen LogP contribution in [-0.2, 0) is 0 Å². The number of ketones is 1. The Morgan fingerprint density at radius 3 is 2.58 bits per heavy atom. The summed E-state index contributed by atoms with van der Waals surface area (Å²) in [6.45, 7) is 8.66. The molecular weight excluding hydrogens is 260 g/mol. The maximum Gasteiger partial charge on any atom is 0.169 e. The van der Waals surface area contributed by atoms with Crippen LogP contribution in [0.1, 0.15) is 48.2 Å². The van der Waals surface area contributed by atoms with Crippen LogP contribution < -0.4 is 4.74 Å². The molecule has 0 radical (unpaired) electrons. The lowest BCUT2D eigenvalue weighted by molar-refractivity contribution is 0.0962. The number of Topliss-reactive ketones (excluding diaryl/α,β-unsaturated/α-hetero) is 1. The molecule has 0 aliphatic heterocycles. The topological polar surface area (TPSA) is 26.3 Å². The van der Waals surface area contributed by atoms with Gasteiger partial charge in [-0.15, -0.1) is 0 Å². The van der Waals surface area contributed by atoms with Gasteiger partial charge in [0.1, 0.15) is 5.75 Å². The lowest BCUT2D eigenvalue weighted by Gasteiger charge is -2.17. The van der Waals surface area contributed by atoms with Gasteiger partial charge in [0.15, 0.2) is 5.78 Å². The SMILES string of the molecule is Cc1cc(OCC(C)C)c(C(=O)C2CC2)c(C)c1Cl. The third-order valence-corrected chi connectivity index (χ3v) is 3.99. The number of rotatable bonds is 5. The minimum Gasteiger partial charge on any atom is -0.493 e. The average molecular weight is 281 g/mol. The fourth-order valence-electron chi connectivity index (χ4n) is 2.15. The second-order valence-corrected chi connectivity index (χ2v) is 6.23. The smallest absolute Gasteiger partial charge is 0.169 e. The third kappa shape index (κ3) is 3.11. The van der Waals surface area contributed by atoms with Crippen LogP contribution in [0.2, 0.25) is 5.02 Å². The number of benzene rings is 1. The van der Waals surface area contributed by atoms with E-state index in [-0.39, 0.29) is 11.7 Å². The van der Waals surface area contributed by atoms with E-state index in [2.05, 4.69) is 13.8 Å². The molecule has 1 aliphatic rings. The summed E-state index contributed by atoms with van der Waals surface area (Å²) in [6, 6.07) is 1.90. The van der Waals surface area contributed by atoms with E-state index in [1.54, 1.807) is 0 Å². The van der Waals surface area contributed by atoms with Crippen molar-refractivity contribution in [1.29, 1.82) is 0 Å². The third-order valence-electron chi connectivity index (χ3n) is 3.41. The van der Waals surface area contributed by atoms with Crippen molar-refractivity contribution in [1.82, 2.24) is 0 Å². The number of hydrogen-bond acceptors (Lipinski definition) is 2. The van der Waals surface area contributed by atoms with Crippen LogP contribution in [0, 0.1) is 25.7 Å². The van der Waals surface area contributed by atoms with Crippen molar-refractivity contribution in [3.8, 4) is 5.75 Å². The highest BCUT2D eigenvalue weighted by molar-refractivity contribution is 6.32. The highest BCUT2D eigenvalue weighted by Gasteiger charge is 2.34. The predicted octanol–water partition coefficient (Wildman–Crippen LogP) is 4.58. The zero-order valence-electron chi connectivity index (χ0n) is 12.0. The molecule has 1 fully saturated rings. The Balaban J connectivity index is 2.41. The Bertz CT molecular complexity index is 502. The molecular formula is C16H21ClO2. The standard InChI is InChI=1S/C16H21ClO2/c1-9(2)8-19-13-7-10(3)15(17)11(4)14(13)16(18)12-5-6-12/h7,9,12H,5-6,8H2,1-4H3. The number of ether oxygens (including phenoxy) is 1. The number of halogens is 1. The molecule has 3 heteroatoms. The molecule has 0 heterocycles. The van der Waals surface area contributed by atoms with E-state index in [4.69, 9.17) is 16.3 Å². The molecule has 2 rings (SSSR count). The van der Waals surface area contributed by atoms with Gasteiger partial charge in [-0.2, -0.15) is 0 Å². The zero-order chi connectivity index (χ0) is 14.2. The van der Waals surface area contributed by atoms with Crippen LogP contribution in [0.4, 0.5) is 0 Å². The molecule has 0 amide bonds. The molecule has 104 valence electrons. The largest absolute Gasteiger partial charge is 0.493 e. The molecule has 0 bridgehead atoms. The molecule has 0 saturated heterocycles. The van der Waals surface area contributed by atoms with Crippen molar-refractivity contribution in [2.45, 2.75) is 40.5 Å². The van der Waals surface area contributed by atoms with Crippen LogP contribution >= 0.6 is 11.6 Å². The molecule has 0 atom stereocenters. The first-order valence-electron chi connectivity index (χ1n) is 6.88. The van der Waals surface area contributed by atoms with Crippen molar-refractivity contribution in [3.63, 3.8) is 0 Å². The van der Waals surface area contributed by atoms with Gasteiger partial charge in [0.2, 0.25) is 0 Å². The molecule has 19 heavy (non-hydrogen) atoms. The Labute approximate surface area is 120 Å². The van der Waals surface area contributed by atoms with Crippen LogP contribution in [0.5, 0.6) is 5.75 Å². The molecule has 0 aromatic heterocycles. The van der Waals surface area contributed by atoms with Crippen LogP contribution in [-0.4, -0.2) is 12.4 Å². The minimum absolute atomic E-state index is 0.180. The maximum atomic E-state index is 12.4. The van der Waals surface area contributed by atoms with Gasteiger partial charge in [0.05, 0.1) is 12.2 Å². The summed E-state index contributed by atoms with van der Waals surface area (Å²) in [5.41, 5.74) is 2.52. The summed E-state index contributed by atoms with van der Waals surface area (Å²) in [4.78, 5) is 12.4. The van der Waals surface area contributed by atoms with Gasteiger partial charge in [-0.25, -0.2) is 0 Å². The van der Waals surface area contributed by atoms with Crippen molar-refractivity contribution in [2.24, 2.45) is 11.8 Å². The van der Waals surface area contributed by atoms with E-state index in [1.165, 1.54) is 0 Å². The minimum atomic E-state index is 0.180. The number of hydrogen-bond donors (Lipinski definition) is 0. The summed E-state index contributed by atoms with van der Waals surface area (Å²) in [7, 11) is 0. The summed E-state index contributed by atoms with van der Waals surface area (Å²) in [5, 5.41) is 0.681. The molecule has 0 unspecified atom stereocenters. The summed E-state index contributed by atoms with van der Waals surface area (Å²) < 4.78 is 5.83. The second-order valence-electron chi connectivity index (χ2n) is 5.85. The van der Waals surface area contributed by atoms with E-state index in [0.29, 0.717) is 28.9 Å². The number of carbonyl (C=O) groups excluding carboxylic acids is 1. The summed E-state index contributed by atoms with van der Waals surface area (Å²) in [5.74, 6) is 1.50. The molecule has 0 spiro atoms. The van der Waals surface area contributed by atoms with Crippen LogP contribution in [0.3, 0.4) is 0 Å². The molecule has 1 saturated carbocycles. The van der Waals surface area contributed by atoms with Gasteiger partial charge in [-0.3, -0.25) is 4.79 Å². The molecule has 2 nitrogen and oxygen atoms in total. The van der Waals surface area contributed by atoms with E-state index in [0.717, 1.165) is 24.0 Å². The Morgan fingerprint density at radius 2 is 2.05 bits per heavy atom. The fraction of sp³-hybridized carbons (Fsp3) is 0.562. The van der Waals surface area contributed by atoms with Crippen molar-refractivity contribution < 1.29 is 9.53 Å². The molecule has 1 aromatic rings. The lowest BCUT2D eigenvalue weighted by atomic mass is 9.98. The van der Waals surface area contributed by atoms with Gasteiger partial charge in [0.25, 0.3) is 0 Å². The monoisotopic (exact) mass is 280 g/mol. The Kier molecular flexibility index (Phi) is 4.19. The lowest BCUT2D eigenvalue weighted by Crippen LogP contribution is -2.12. The van der Waals surface area contributed by atoms with Gasteiger partial charge in [0, 0.05) is 10.9 Å². The Morgan fingerprint density at radius 1 is 1.42 bits per heavy atom. The zero-order valence-corrected chi connectivity index (χ0v) is 12.8. The van der Waals surface area contributed by atoms with E-state index in [9.17, 15) is 4.79 Å². The average Bonchev–Trinajstić information content (AvgIpc) is 3.16. The van der Waals surface area contributed by atoms with E-state index >= 15 is 0 Å². The fourth-order valence-corrected chi connectivity index (χ4v) is 2.30.